The number of rotatable bonds is 19. The van der Waals surface area contributed by atoms with Crippen LogP contribution in [0.4, 0.5) is 0 Å². The fourth-order valence-electron chi connectivity index (χ4n) is 7.50. The third kappa shape index (κ3) is 9.55. The maximum Gasteiger partial charge on any atom is 0.481 e. The van der Waals surface area contributed by atoms with Crippen molar-refractivity contribution in [2.45, 2.75) is 149 Å². The van der Waals surface area contributed by atoms with Gasteiger partial charge in [0.2, 0.25) is 11.8 Å². The van der Waals surface area contributed by atoms with E-state index >= 15 is 0 Å². The number of hydrazine groups is 1. The smallest absolute Gasteiger partial charge is 0.404 e. The van der Waals surface area contributed by atoms with Gasteiger partial charge in [0.25, 0.3) is 5.96 Å². The van der Waals surface area contributed by atoms with Gasteiger partial charge in [-0.3, -0.25) is 9.59 Å². The quantitative estimate of drug-likeness (QED) is 0.0414. The molecular weight excluding hydrogens is 563 g/mol. The Morgan fingerprint density at radius 3 is 2.39 bits per heavy atom. The molecule has 13 heteroatoms. The van der Waals surface area contributed by atoms with E-state index in [1.54, 1.807) is 0 Å². The molecule has 2 bridgehead atoms. The molecule has 0 aromatic carbocycles. The first-order chi connectivity index (χ1) is 20.8. The minimum atomic E-state index is -0.785. The summed E-state index contributed by atoms with van der Waals surface area (Å²) in [5.74, 6) is 0.194. The number of nitrogens with one attached hydrogen (secondary N) is 3. The van der Waals surface area contributed by atoms with E-state index in [-0.39, 0.29) is 53.3 Å². The normalized spacial score (nSPS) is 26.8. The van der Waals surface area contributed by atoms with Gasteiger partial charge in [0.1, 0.15) is 6.04 Å². The van der Waals surface area contributed by atoms with Crippen LogP contribution in [-0.2, 0) is 18.9 Å². The van der Waals surface area contributed by atoms with Crippen LogP contribution in [0.2, 0.25) is 0 Å². The Labute approximate surface area is 264 Å². The van der Waals surface area contributed by atoms with Crippen molar-refractivity contribution < 1.29 is 23.9 Å². The van der Waals surface area contributed by atoms with Crippen LogP contribution in [0.5, 0.6) is 0 Å². The number of unbranched alkanes of at least 4 members (excludes halogenated alkanes) is 6. The van der Waals surface area contributed by atoms with E-state index in [9.17, 15) is 19.7 Å². The molecule has 4 rings (SSSR count). The summed E-state index contributed by atoms with van der Waals surface area (Å²) in [6, 6.07) is -0.785. The van der Waals surface area contributed by atoms with Crippen molar-refractivity contribution in [3.8, 4) is 0 Å². The lowest BCUT2D eigenvalue weighted by Gasteiger charge is -2.64. The van der Waals surface area contributed by atoms with Gasteiger partial charge < -0.3 is 25.7 Å². The second-order valence-corrected chi connectivity index (χ2v) is 14.4. The van der Waals surface area contributed by atoms with Gasteiger partial charge in [-0.05, 0) is 68.6 Å². The molecule has 250 valence electrons. The molecular formula is C31H57BN6O6. The zero-order chi connectivity index (χ0) is 32.5. The number of hydrogen-bond acceptors (Lipinski definition) is 7. The van der Waals surface area contributed by atoms with Crippen molar-refractivity contribution in [2.24, 2.45) is 33.9 Å². The molecule has 0 aromatic rings. The number of nitro groups is 1. The van der Waals surface area contributed by atoms with Crippen LogP contribution < -0.4 is 21.8 Å². The van der Waals surface area contributed by atoms with Crippen molar-refractivity contribution >= 4 is 24.9 Å². The second-order valence-electron chi connectivity index (χ2n) is 14.4. The van der Waals surface area contributed by atoms with E-state index in [1.165, 1.54) is 25.7 Å². The van der Waals surface area contributed by atoms with Crippen LogP contribution in [0, 0.1) is 33.3 Å². The summed E-state index contributed by atoms with van der Waals surface area (Å²) in [4.78, 5) is 41.2. The van der Waals surface area contributed by atoms with E-state index in [4.69, 9.17) is 15.0 Å². The fraction of sp³-hybridized carbons (Fsp3) is 0.903. The molecule has 6 atom stereocenters. The van der Waals surface area contributed by atoms with Crippen LogP contribution >= 0.6 is 0 Å². The first kappa shape index (κ1) is 36.1. The van der Waals surface area contributed by atoms with Crippen LogP contribution in [0.3, 0.4) is 0 Å². The van der Waals surface area contributed by atoms with Crippen LogP contribution in [0.15, 0.2) is 4.99 Å². The predicted octanol–water partition coefficient (Wildman–Crippen LogP) is 4.29. The highest BCUT2D eigenvalue weighted by Crippen LogP contribution is 2.65. The first-order valence-corrected chi connectivity index (χ1v) is 16.9. The number of nitrogens with zero attached hydrogens (tertiary/aromatic N) is 2. The van der Waals surface area contributed by atoms with Crippen LogP contribution in [0.25, 0.3) is 0 Å². The molecule has 12 nitrogen and oxygen atoms in total. The van der Waals surface area contributed by atoms with Gasteiger partial charge in [0.15, 0.2) is 5.03 Å². The molecule has 44 heavy (non-hydrogen) atoms. The lowest BCUT2D eigenvalue weighted by Crippen LogP contribution is -2.65. The molecule has 5 N–H and O–H groups in total. The molecule has 1 heterocycles. The van der Waals surface area contributed by atoms with Crippen LogP contribution in [-0.4, -0.2) is 60.2 Å². The highest BCUT2D eigenvalue weighted by molar-refractivity contribution is 6.48. The number of hydrogen-bond donors (Lipinski definition) is 4. The molecule has 3 saturated carbocycles. The van der Waals surface area contributed by atoms with Gasteiger partial charge in [-0.15, -0.1) is 0 Å². The highest BCUT2D eigenvalue weighted by Gasteiger charge is 2.68. The largest absolute Gasteiger partial charge is 0.481 e. The molecule has 1 saturated heterocycles. The minimum absolute atomic E-state index is 0.00408. The van der Waals surface area contributed by atoms with E-state index in [0.717, 1.165) is 32.1 Å². The third-order valence-corrected chi connectivity index (χ3v) is 10.1. The average Bonchev–Trinajstić information content (AvgIpc) is 3.30. The summed E-state index contributed by atoms with van der Waals surface area (Å²) in [6.45, 7) is 13.4. The zero-order valence-electron chi connectivity index (χ0n) is 27.9. The summed E-state index contributed by atoms with van der Waals surface area (Å²) < 4.78 is 13.2. The summed E-state index contributed by atoms with van der Waals surface area (Å²) in [5.41, 5.74) is 7.17. The molecule has 0 radical (unpaired) electrons. The maximum atomic E-state index is 13.7. The van der Waals surface area contributed by atoms with Crippen molar-refractivity contribution in [2.75, 3.05) is 6.54 Å². The molecule has 0 aromatic heterocycles. The maximum absolute atomic E-state index is 13.7. The van der Waals surface area contributed by atoms with E-state index in [0.29, 0.717) is 37.5 Å². The Bertz CT molecular complexity index is 1010. The topological polar surface area (TPSA) is 170 Å². The molecule has 0 spiro atoms. The number of guanidine groups is 1. The highest BCUT2D eigenvalue weighted by atomic mass is 16.7. The minimum Gasteiger partial charge on any atom is -0.404 e. The fourth-order valence-corrected chi connectivity index (χ4v) is 7.50. The lowest BCUT2D eigenvalue weighted by atomic mass is 9.43. The Morgan fingerprint density at radius 1 is 1.07 bits per heavy atom. The Balaban J connectivity index is 1.63. The summed E-state index contributed by atoms with van der Waals surface area (Å²) in [7, 11) is -0.562. The summed E-state index contributed by atoms with van der Waals surface area (Å²) >= 11 is 0. The van der Waals surface area contributed by atoms with E-state index < -0.39 is 18.2 Å². The number of nitrogens with two attached hydrogens (primary N) is 1. The van der Waals surface area contributed by atoms with Gasteiger partial charge in [0.05, 0.1) is 17.6 Å². The summed E-state index contributed by atoms with van der Waals surface area (Å²) in [5, 5.41) is 15.9. The van der Waals surface area contributed by atoms with Crippen LogP contribution in [0.1, 0.15) is 125 Å². The number of carbonyl (C=O) groups excluding carboxylic acids is 2. The van der Waals surface area contributed by atoms with E-state index in [2.05, 4.69) is 57.2 Å². The number of aliphatic imine (C=N–C) groups is 1. The number of carbonyl (C=O) groups is 2. The van der Waals surface area contributed by atoms with Crippen molar-refractivity contribution in [1.82, 2.24) is 16.1 Å². The number of amides is 2. The molecule has 3 aliphatic carbocycles. The molecule has 1 aliphatic heterocycles. The van der Waals surface area contributed by atoms with Crippen molar-refractivity contribution in [3.63, 3.8) is 0 Å². The van der Waals surface area contributed by atoms with Crippen molar-refractivity contribution in [3.05, 3.63) is 10.1 Å². The van der Waals surface area contributed by atoms with Gasteiger partial charge in [-0.1, -0.05) is 78.6 Å². The molecule has 4 aliphatic rings. The first-order valence-electron chi connectivity index (χ1n) is 16.9. The predicted molar refractivity (Wildman–Crippen MR) is 172 cm³/mol. The second kappa shape index (κ2) is 16.2. The third-order valence-electron chi connectivity index (χ3n) is 10.1. The monoisotopic (exact) mass is 620 g/mol. The Morgan fingerprint density at radius 2 is 1.75 bits per heavy atom. The molecule has 4 fully saturated rings. The SMILES string of the molecule is CCCCCCCCCC(=O)N[C@@H](CCCN=C(N)N[N+](=O)[O-])C(=O)N[C@@H](CC(C)C)B1O[C@@H]2C[C@@H]3C[C@@H](C3(C)C)[C@]2(C)O1. The molecule has 0 unspecified atom stereocenters. The average molecular weight is 621 g/mol. The Kier molecular flexibility index (Phi) is 13.3. The lowest BCUT2D eigenvalue weighted by molar-refractivity contribution is -0.525. The Hall–Kier alpha value is -2.41. The van der Waals surface area contributed by atoms with Gasteiger partial charge in [-0.2, -0.15) is 0 Å². The molecule has 2 amide bonds. The standard InChI is InChI=1S/C31H57BN6O6/c1-7-8-9-10-11-12-13-16-27(39)35-23(15-14-17-34-29(33)37-38(41)42)28(40)36-26(18-21(2)3)32-43-25-20-22-19-24(30(22,4)5)31(25,6)44-32/h21-26H,7-20H2,1-6H3,(H,35,39)(H,36,40)(H3,33,34,37)/t22-,23-,24-,25+,26-,31-/m0/s1. The zero-order valence-corrected chi connectivity index (χ0v) is 27.9. The van der Waals surface area contributed by atoms with E-state index in [1.807, 2.05) is 5.43 Å². The van der Waals surface area contributed by atoms with Gasteiger partial charge in [0, 0.05) is 13.0 Å². The van der Waals surface area contributed by atoms with Gasteiger partial charge >= 0.3 is 7.12 Å². The van der Waals surface area contributed by atoms with Crippen molar-refractivity contribution in [1.29, 1.82) is 0 Å². The summed E-state index contributed by atoms with van der Waals surface area (Å²) in [6.07, 6.45) is 11.6. The van der Waals surface area contributed by atoms with Gasteiger partial charge in [-0.25, -0.2) is 15.1 Å².